The number of amides is 1. The number of allylic oxidation sites excluding steroid dienone is 4. The van der Waals surface area contributed by atoms with Gasteiger partial charge in [-0.2, -0.15) is 18.4 Å². The van der Waals surface area contributed by atoms with Crippen LogP contribution in [0.4, 0.5) is 13.2 Å². The Balaban J connectivity index is 1.67. The van der Waals surface area contributed by atoms with Crippen molar-refractivity contribution >= 4 is 17.5 Å². The van der Waals surface area contributed by atoms with Gasteiger partial charge in [0.05, 0.1) is 5.57 Å². The van der Waals surface area contributed by atoms with Gasteiger partial charge in [0.25, 0.3) is 0 Å². The fourth-order valence-electron chi connectivity index (χ4n) is 10.1. The lowest BCUT2D eigenvalue weighted by atomic mass is 9.35. The van der Waals surface area contributed by atoms with E-state index in [9.17, 15) is 32.8 Å². The molecule has 5 aliphatic carbocycles. The predicted molar refractivity (Wildman–Crippen MR) is 143 cm³/mol. The number of rotatable bonds is 1. The lowest BCUT2D eigenvalue weighted by molar-refractivity contribution is -0.185. The molecule has 1 N–H and O–H groups in total. The molecule has 0 heterocycles. The minimum absolute atomic E-state index is 0.0840. The SMILES string of the molecule is CC1(C)CC[C@]2(NC(=O)C(F)(F)F)CC[C@]3(C)[C@H](C(=O)C=C4[C@@]5(C)C=C(C#N)C(=O)C(C)(C)[C@@H]5CC[C@]43C)[C@@H]2C1. The Morgan fingerprint density at radius 2 is 1.62 bits per heavy atom. The summed E-state index contributed by atoms with van der Waals surface area (Å²) in [5.74, 6) is -3.25. The van der Waals surface area contributed by atoms with Gasteiger partial charge in [-0.05, 0) is 79.1 Å². The third kappa shape index (κ3) is 3.67. The third-order valence-electron chi connectivity index (χ3n) is 12.5. The number of carbonyl (C=O) groups is 3. The maximum Gasteiger partial charge on any atom is 0.471 e. The topological polar surface area (TPSA) is 87.0 Å². The molecule has 0 aliphatic heterocycles. The fraction of sp³-hybridized carbons (Fsp3) is 0.750. The molecule has 8 heteroatoms. The highest BCUT2D eigenvalue weighted by molar-refractivity contribution is 6.04. The average Bonchev–Trinajstić information content (AvgIpc) is 2.83. The summed E-state index contributed by atoms with van der Waals surface area (Å²) in [5, 5.41) is 12.3. The maximum absolute atomic E-state index is 14.4. The highest BCUT2D eigenvalue weighted by Gasteiger charge is 2.70. The van der Waals surface area contributed by atoms with E-state index in [1.54, 1.807) is 12.2 Å². The van der Waals surface area contributed by atoms with Gasteiger partial charge in [0, 0.05) is 22.3 Å². The van der Waals surface area contributed by atoms with Gasteiger partial charge in [-0.15, -0.1) is 0 Å². The van der Waals surface area contributed by atoms with Crippen LogP contribution in [0.3, 0.4) is 0 Å². The number of Topliss-reactive ketones (excluding diaryl/α,β-unsaturated/α-hetero) is 1. The highest BCUT2D eigenvalue weighted by atomic mass is 19.4. The molecule has 40 heavy (non-hydrogen) atoms. The van der Waals surface area contributed by atoms with Gasteiger partial charge in [0.15, 0.2) is 11.6 Å². The lowest BCUT2D eigenvalue weighted by Crippen LogP contribution is -2.70. The van der Waals surface area contributed by atoms with Crippen molar-refractivity contribution in [2.45, 2.75) is 105 Å². The highest BCUT2D eigenvalue weighted by Crippen LogP contribution is 2.73. The molecule has 0 bridgehead atoms. The number of alkyl halides is 3. The van der Waals surface area contributed by atoms with Gasteiger partial charge in [-0.3, -0.25) is 14.4 Å². The molecule has 3 fully saturated rings. The molecule has 0 aromatic carbocycles. The van der Waals surface area contributed by atoms with Crippen molar-refractivity contribution in [2.75, 3.05) is 0 Å². The van der Waals surface area contributed by atoms with Crippen molar-refractivity contribution in [2.24, 2.45) is 44.8 Å². The van der Waals surface area contributed by atoms with Crippen LogP contribution in [0.2, 0.25) is 0 Å². The maximum atomic E-state index is 14.4. The van der Waals surface area contributed by atoms with Crippen LogP contribution in [0.1, 0.15) is 93.4 Å². The van der Waals surface area contributed by atoms with Gasteiger partial charge >= 0.3 is 12.1 Å². The summed E-state index contributed by atoms with van der Waals surface area (Å²) in [6, 6.07) is 2.10. The molecule has 5 aliphatic rings. The Kier molecular flexibility index (Phi) is 6.05. The molecular weight excluding hydrogens is 517 g/mol. The van der Waals surface area contributed by atoms with Gasteiger partial charge in [-0.1, -0.05) is 60.1 Å². The number of hydrogen-bond acceptors (Lipinski definition) is 4. The van der Waals surface area contributed by atoms with Crippen LogP contribution >= 0.6 is 0 Å². The lowest BCUT2D eigenvalue weighted by Gasteiger charge is -2.69. The van der Waals surface area contributed by atoms with E-state index >= 15 is 0 Å². The van der Waals surface area contributed by atoms with E-state index in [1.807, 2.05) is 20.8 Å². The van der Waals surface area contributed by atoms with Gasteiger partial charge in [0.2, 0.25) is 0 Å². The molecule has 218 valence electrons. The van der Waals surface area contributed by atoms with Crippen LogP contribution in [0.25, 0.3) is 0 Å². The second-order valence-electron chi connectivity index (χ2n) is 15.4. The summed E-state index contributed by atoms with van der Waals surface area (Å²) in [6.07, 6.45) is 2.50. The number of hydrogen-bond donors (Lipinski definition) is 1. The zero-order valence-electron chi connectivity index (χ0n) is 24.6. The Bertz CT molecular complexity index is 1300. The van der Waals surface area contributed by atoms with Gasteiger partial charge in [0.1, 0.15) is 6.07 Å². The van der Waals surface area contributed by atoms with E-state index in [0.717, 1.165) is 18.4 Å². The molecule has 0 aromatic heterocycles. The van der Waals surface area contributed by atoms with Crippen molar-refractivity contribution < 1.29 is 27.6 Å². The second-order valence-corrected chi connectivity index (χ2v) is 15.4. The fourth-order valence-corrected chi connectivity index (χ4v) is 10.1. The molecule has 0 saturated heterocycles. The zero-order chi connectivity index (χ0) is 29.9. The molecule has 5 nitrogen and oxygen atoms in total. The van der Waals surface area contributed by atoms with E-state index in [2.05, 4.69) is 39.1 Å². The molecule has 3 saturated carbocycles. The summed E-state index contributed by atoms with van der Waals surface area (Å²) in [5.41, 5.74) is -2.67. The van der Waals surface area contributed by atoms with Crippen molar-refractivity contribution in [3.8, 4) is 6.07 Å². The van der Waals surface area contributed by atoms with Crippen LogP contribution in [-0.4, -0.2) is 29.2 Å². The number of nitrogens with zero attached hydrogens (tertiary/aromatic N) is 1. The van der Waals surface area contributed by atoms with Crippen molar-refractivity contribution in [3.05, 3.63) is 23.3 Å². The third-order valence-corrected chi connectivity index (χ3v) is 12.5. The minimum Gasteiger partial charge on any atom is -0.343 e. The first kappa shape index (κ1) is 29.1. The summed E-state index contributed by atoms with van der Waals surface area (Å²) in [7, 11) is 0. The molecule has 7 atom stereocenters. The first-order valence-electron chi connectivity index (χ1n) is 14.5. The number of nitrogens with one attached hydrogen (secondary N) is 1. The van der Waals surface area contributed by atoms with Crippen molar-refractivity contribution in [3.63, 3.8) is 0 Å². The Morgan fingerprint density at radius 1 is 1.00 bits per heavy atom. The van der Waals surface area contributed by atoms with E-state index in [0.29, 0.717) is 32.1 Å². The molecule has 0 unspecified atom stereocenters. The molecule has 0 aromatic rings. The van der Waals surface area contributed by atoms with Gasteiger partial charge < -0.3 is 5.32 Å². The standard InChI is InChI=1S/C32H41F3N2O3/c1-26(2)10-12-31(37-25(40)32(33,34)35)13-11-30(7)23(19(31)16-26)20(38)14-22-28(5)15-18(17-36)24(39)27(3,4)21(28)8-9-29(22,30)6/h14-15,19,21,23H,8-13,16H2,1-7H3,(H,37,40)/t19-,21-,23-,28-,29+,30+,31-/m0/s1. The first-order chi connectivity index (χ1) is 18.2. The first-order valence-corrected chi connectivity index (χ1v) is 14.5. The second kappa shape index (κ2) is 8.32. The van der Waals surface area contributed by atoms with Crippen molar-refractivity contribution in [1.29, 1.82) is 5.26 Å². The molecule has 1 amide bonds. The van der Waals surface area contributed by atoms with E-state index < -0.39 is 51.1 Å². The van der Waals surface area contributed by atoms with E-state index in [4.69, 9.17) is 0 Å². The molecule has 0 spiro atoms. The van der Waals surface area contributed by atoms with Gasteiger partial charge in [-0.25, -0.2) is 0 Å². The largest absolute Gasteiger partial charge is 0.471 e. The summed E-state index contributed by atoms with van der Waals surface area (Å²) in [4.78, 5) is 39.9. The quantitative estimate of drug-likeness (QED) is 0.391. The van der Waals surface area contributed by atoms with Crippen LogP contribution in [0, 0.1) is 56.2 Å². The molecule has 0 radical (unpaired) electrons. The van der Waals surface area contributed by atoms with Crippen LogP contribution in [-0.2, 0) is 14.4 Å². The molecule has 5 rings (SSSR count). The van der Waals surface area contributed by atoms with Crippen LogP contribution in [0.15, 0.2) is 23.3 Å². The summed E-state index contributed by atoms with van der Waals surface area (Å²) in [6.45, 7) is 14.3. The van der Waals surface area contributed by atoms with E-state index in [1.165, 1.54) is 0 Å². The Labute approximate surface area is 235 Å². The average molecular weight is 559 g/mol. The monoisotopic (exact) mass is 558 g/mol. The van der Waals surface area contributed by atoms with Crippen LogP contribution < -0.4 is 5.32 Å². The minimum atomic E-state index is -4.99. The smallest absolute Gasteiger partial charge is 0.343 e. The zero-order valence-corrected chi connectivity index (χ0v) is 24.6. The summed E-state index contributed by atoms with van der Waals surface area (Å²) < 4.78 is 40.5. The molecular formula is C32H41F3N2O3. The van der Waals surface area contributed by atoms with E-state index in [-0.39, 0.29) is 28.5 Å². The van der Waals surface area contributed by atoms with Crippen LogP contribution in [0.5, 0.6) is 0 Å². The summed E-state index contributed by atoms with van der Waals surface area (Å²) >= 11 is 0. The number of fused-ring (bicyclic) bond motifs is 7. The number of ketones is 2. The Hall–Kier alpha value is -2.43. The number of nitriles is 1. The Morgan fingerprint density at radius 3 is 2.23 bits per heavy atom. The normalized spacial score (nSPS) is 43.6. The number of carbonyl (C=O) groups excluding carboxylic acids is 3. The van der Waals surface area contributed by atoms with Crippen molar-refractivity contribution in [1.82, 2.24) is 5.32 Å². The number of halogens is 3. The predicted octanol–water partition coefficient (Wildman–Crippen LogP) is 6.64.